The molecule has 2 N–H and O–H groups in total. The molecule has 12 heteroatoms. The molecule has 0 saturated carbocycles. The second-order valence-electron chi connectivity index (χ2n) is 12.2. The van der Waals surface area contributed by atoms with Gasteiger partial charge in [-0.15, -0.1) is 0 Å². The molecule has 3 heterocycles. The van der Waals surface area contributed by atoms with Crippen molar-refractivity contribution in [1.82, 2.24) is 20.1 Å². The number of amides is 3. The van der Waals surface area contributed by atoms with Gasteiger partial charge in [-0.2, -0.15) is 0 Å². The predicted octanol–water partition coefficient (Wildman–Crippen LogP) is 3.49. The maximum atomic E-state index is 13.3. The molecule has 1 saturated heterocycles. The number of morpholine rings is 1. The van der Waals surface area contributed by atoms with E-state index in [2.05, 4.69) is 10.3 Å². The van der Waals surface area contributed by atoms with Crippen molar-refractivity contribution in [1.29, 1.82) is 0 Å². The summed E-state index contributed by atoms with van der Waals surface area (Å²) in [6.07, 6.45) is 0.0830. The first-order valence-electron chi connectivity index (χ1n) is 15.0. The topological polar surface area (TPSA) is 144 Å². The number of nitrogens with zero attached hydrogens (tertiary/aromatic N) is 3. The van der Waals surface area contributed by atoms with Gasteiger partial charge in [0.25, 0.3) is 11.8 Å². The van der Waals surface area contributed by atoms with Crippen LogP contribution in [-0.2, 0) is 29.0 Å². The highest BCUT2D eigenvalue weighted by molar-refractivity contribution is 5.97. The van der Waals surface area contributed by atoms with Crippen LogP contribution in [0.4, 0.5) is 4.79 Å². The van der Waals surface area contributed by atoms with Crippen LogP contribution in [0.3, 0.4) is 0 Å². The van der Waals surface area contributed by atoms with E-state index >= 15 is 0 Å². The summed E-state index contributed by atoms with van der Waals surface area (Å²) in [6, 6.07) is 11.4. The summed E-state index contributed by atoms with van der Waals surface area (Å²) >= 11 is 0. The summed E-state index contributed by atoms with van der Waals surface area (Å²) in [5.41, 5.74) is 2.68. The summed E-state index contributed by atoms with van der Waals surface area (Å²) in [4.78, 5) is 46.3. The van der Waals surface area contributed by atoms with Gasteiger partial charge in [-0.05, 0) is 81.6 Å². The number of aliphatic hydroxyl groups is 1. The molecule has 3 aromatic rings. The minimum absolute atomic E-state index is 0.0929. The second kappa shape index (κ2) is 13.7. The van der Waals surface area contributed by atoms with Crippen LogP contribution in [-0.4, -0.2) is 88.4 Å². The van der Waals surface area contributed by atoms with Gasteiger partial charge < -0.3 is 34.0 Å². The number of hydrogen-bond acceptors (Lipinski definition) is 9. The molecule has 2 atom stereocenters. The Morgan fingerprint density at radius 2 is 1.78 bits per heavy atom. The van der Waals surface area contributed by atoms with Crippen LogP contribution >= 0.6 is 0 Å². The smallest absolute Gasteiger partial charge is 0.410 e. The quantitative estimate of drug-likeness (QED) is 0.387. The Morgan fingerprint density at radius 1 is 1.07 bits per heavy atom. The lowest BCUT2D eigenvalue weighted by atomic mass is 9.91. The van der Waals surface area contributed by atoms with Crippen molar-refractivity contribution in [2.45, 2.75) is 65.0 Å². The lowest BCUT2D eigenvalue weighted by Crippen LogP contribution is -2.54. The number of hydrogen-bond donors (Lipinski definition) is 2. The van der Waals surface area contributed by atoms with E-state index in [9.17, 15) is 19.5 Å². The largest absolute Gasteiger partial charge is 0.486 e. The van der Waals surface area contributed by atoms with Gasteiger partial charge in [-0.1, -0.05) is 6.07 Å². The van der Waals surface area contributed by atoms with E-state index in [1.54, 1.807) is 49.9 Å². The molecule has 240 valence electrons. The van der Waals surface area contributed by atoms with Crippen LogP contribution in [0.2, 0.25) is 0 Å². The van der Waals surface area contributed by atoms with Gasteiger partial charge in [-0.25, -0.2) is 9.78 Å². The minimum Gasteiger partial charge on any atom is -0.486 e. The number of aliphatic hydroxyl groups excluding tert-OH is 1. The molecule has 2 aliphatic heterocycles. The number of fused-ring (bicyclic) bond motifs is 1. The Balaban J connectivity index is 1.24. The van der Waals surface area contributed by atoms with Gasteiger partial charge in [0.1, 0.15) is 18.0 Å². The number of benzene rings is 2. The number of carbonyl (C=O) groups excluding carboxylic acids is 3. The summed E-state index contributed by atoms with van der Waals surface area (Å²) in [5, 5.41) is 14.0. The molecule has 1 aromatic heterocycles. The molecule has 0 bridgehead atoms. The third-order valence-electron chi connectivity index (χ3n) is 7.80. The Labute approximate surface area is 262 Å². The van der Waals surface area contributed by atoms with Crippen molar-refractivity contribution in [2.75, 3.05) is 32.8 Å². The van der Waals surface area contributed by atoms with E-state index in [-0.39, 0.29) is 25.6 Å². The molecule has 3 amide bonds. The number of oxazole rings is 1. The van der Waals surface area contributed by atoms with Gasteiger partial charge in [0.05, 0.1) is 31.1 Å². The molecule has 1 unspecified atom stereocenters. The van der Waals surface area contributed by atoms with Gasteiger partial charge >= 0.3 is 6.09 Å². The van der Waals surface area contributed by atoms with E-state index in [0.717, 1.165) is 16.8 Å². The first kappa shape index (κ1) is 32.0. The number of rotatable bonds is 8. The molecule has 12 nitrogen and oxygen atoms in total. The average molecular weight is 621 g/mol. The maximum absolute atomic E-state index is 13.3. The number of carbonyl (C=O) groups is 3. The number of aromatic nitrogens is 1. The highest BCUT2D eigenvalue weighted by Crippen LogP contribution is 2.30. The number of ether oxygens (including phenoxy) is 3. The van der Waals surface area contributed by atoms with Crippen LogP contribution in [0.25, 0.3) is 0 Å². The number of aryl methyl sites for hydroxylation is 1. The highest BCUT2D eigenvalue weighted by Gasteiger charge is 2.37. The second-order valence-corrected chi connectivity index (χ2v) is 12.2. The predicted molar refractivity (Wildman–Crippen MR) is 163 cm³/mol. The summed E-state index contributed by atoms with van der Waals surface area (Å²) in [6.45, 7) is 9.58. The van der Waals surface area contributed by atoms with Crippen molar-refractivity contribution < 1.29 is 38.1 Å². The fraction of sp³-hybridized carbons (Fsp3) is 0.455. The van der Waals surface area contributed by atoms with Crippen molar-refractivity contribution in [3.63, 3.8) is 0 Å². The molecule has 45 heavy (non-hydrogen) atoms. The third-order valence-corrected chi connectivity index (χ3v) is 7.80. The Kier molecular flexibility index (Phi) is 9.74. The van der Waals surface area contributed by atoms with E-state index < -0.39 is 29.7 Å². The molecule has 0 radical (unpaired) electrons. The fourth-order valence-corrected chi connectivity index (χ4v) is 5.30. The summed E-state index contributed by atoms with van der Waals surface area (Å²) in [5.74, 6) is 0.732. The lowest BCUT2D eigenvalue weighted by molar-refractivity contribution is -0.0113. The zero-order chi connectivity index (χ0) is 32.1. The van der Waals surface area contributed by atoms with Crippen LogP contribution < -0.4 is 10.1 Å². The molecule has 2 aromatic carbocycles. The lowest BCUT2D eigenvalue weighted by Gasteiger charge is -2.40. The van der Waals surface area contributed by atoms with Crippen LogP contribution in [0.1, 0.15) is 64.1 Å². The Bertz CT molecular complexity index is 1510. The highest BCUT2D eigenvalue weighted by atomic mass is 16.6. The fourth-order valence-electron chi connectivity index (χ4n) is 5.30. The number of nitrogens with one attached hydrogen (secondary N) is 1. The van der Waals surface area contributed by atoms with E-state index in [1.807, 2.05) is 25.1 Å². The zero-order valence-corrected chi connectivity index (χ0v) is 26.1. The van der Waals surface area contributed by atoms with Crippen molar-refractivity contribution >= 4 is 17.9 Å². The van der Waals surface area contributed by atoms with Crippen molar-refractivity contribution in [2.24, 2.45) is 0 Å². The van der Waals surface area contributed by atoms with Crippen LogP contribution in [0.5, 0.6) is 5.75 Å². The summed E-state index contributed by atoms with van der Waals surface area (Å²) < 4.78 is 22.3. The van der Waals surface area contributed by atoms with E-state index in [1.165, 1.54) is 11.3 Å². The van der Waals surface area contributed by atoms with Gasteiger partial charge in [0, 0.05) is 37.3 Å². The van der Waals surface area contributed by atoms with E-state index in [4.69, 9.17) is 18.6 Å². The van der Waals surface area contributed by atoms with Gasteiger partial charge in [0.15, 0.2) is 12.2 Å². The normalized spacial score (nSPS) is 17.3. The van der Waals surface area contributed by atoms with E-state index in [0.29, 0.717) is 55.4 Å². The summed E-state index contributed by atoms with van der Waals surface area (Å²) in [7, 11) is 0. The minimum atomic E-state index is -1.08. The molecule has 5 rings (SSSR count). The maximum Gasteiger partial charge on any atom is 0.410 e. The van der Waals surface area contributed by atoms with Crippen molar-refractivity contribution in [3.8, 4) is 5.75 Å². The zero-order valence-electron chi connectivity index (χ0n) is 26.1. The molecular weight excluding hydrogens is 580 g/mol. The molecule has 2 aliphatic rings. The third kappa shape index (κ3) is 8.00. The monoisotopic (exact) mass is 620 g/mol. The molecule has 0 spiro atoms. The molecular formula is C33H40N4O8. The standard InChI is InChI=1S/C33H40N4O8/c1-21-29(44-20-35-21)19-43-26-10-9-24-16-27(37(18-25(24)15-26)32(41)45-33(2,3)4)28(38)17-34-30(39)22-5-7-23(8-6-22)31(40)36-11-13-42-14-12-36/h5-10,15,20,27-28,38H,11-14,16-19H2,1-4H3,(H,34,39)/t27?,28-/m1/s1. The first-order chi connectivity index (χ1) is 21.5. The van der Waals surface area contributed by atoms with Gasteiger partial charge in [0.2, 0.25) is 0 Å². The first-order valence-corrected chi connectivity index (χ1v) is 15.0. The Hall–Kier alpha value is -4.42. The Morgan fingerprint density at radius 3 is 2.44 bits per heavy atom. The average Bonchev–Trinajstić information content (AvgIpc) is 3.45. The molecule has 1 fully saturated rings. The van der Waals surface area contributed by atoms with Crippen LogP contribution in [0.15, 0.2) is 53.3 Å². The SMILES string of the molecule is Cc1ncoc1COc1ccc2c(c1)CN(C(=O)OC(C)(C)C)C([C@H](O)CNC(=O)c1ccc(C(=O)N3CCOCC3)cc1)C2. The van der Waals surface area contributed by atoms with Gasteiger partial charge in [-0.3, -0.25) is 14.5 Å². The van der Waals surface area contributed by atoms with Crippen molar-refractivity contribution in [3.05, 3.63) is 82.6 Å². The molecule has 0 aliphatic carbocycles. The van der Waals surface area contributed by atoms with Crippen LogP contribution in [0, 0.1) is 6.92 Å².